The van der Waals surface area contributed by atoms with Crippen molar-refractivity contribution in [1.29, 1.82) is 0 Å². The Labute approximate surface area is 132 Å². The molecule has 6 heteroatoms. The van der Waals surface area contributed by atoms with Crippen LogP contribution in [0.15, 0.2) is 18.2 Å². The summed E-state index contributed by atoms with van der Waals surface area (Å²) in [6.07, 6.45) is 0.00378. The zero-order chi connectivity index (χ0) is 15.1. The number of aromatic nitrogens is 1. The Balaban J connectivity index is 2.24. The van der Waals surface area contributed by atoms with Crippen LogP contribution in [0.5, 0.6) is 0 Å². The highest BCUT2D eigenvalue weighted by molar-refractivity contribution is 6.42. The van der Waals surface area contributed by atoms with E-state index in [1.807, 2.05) is 10.6 Å². The van der Waals surface area contributed by atoms with Gasteiger partial charge in [0.15, 0.2) is 0 Å². The summed E-state index contributed by atoms with van der Waals surface area (Å²) in [5, 5.41) is 30.1. The van der Waals surface area contributed by atoms with E-state index in [4.69, 9.17) is 23.2 Å². The molecule has 0 amide bonds. The van der Waals surface area contributed by atoms with Gasteiger partial charge in [-0.3, -0.25) is 0 Å². The van der Waals surface area contributed by atoms with E-state index in [0.717, 1.165) is 17.0 Å². The van der Waals surface area contributed by atoms with Crippen LogP contribution in [0.25, 0.3) is 11.3 Å². The summed E-state index contributed by atoms with van der Waals surface area (Å²) in [5.41, 5.74) is 3.83. The van der Waals surface area contributed by atoms with Gasteiger partial charge in [-0.25, -0.2) is 0 Å². The number of aliphatic hydroxyl groups excluding tert-OH is 3. The van der Waals surface area contributed by atoms with Gasteiger partial charge in [0.2, 0.25) is 0 Å². The fourth-order valence-electron chi connectivity index (χ4n) is 3.04. The summed E-state index contributed by atoms with van der Waals surface area (Å²) < 4.78 is 1.95. The Morgan fingerprint density at radius 2 is 1.81 bits per heavy atom. The first kappa shape index (κ1) is 14.9. The summed E-state index contributed by atoms with van der Waals surface area (Å²) in [6.45, 7) is 0.0960. The highest BCUT2D eigenvalue weighted by Gasteiger charge is 2.29. The van der Waals surface area contributed by atoms with Crippen LogP contribution in [-0.2, 0) is 26.2 Å². The summed E-state index contributed by atoms with van der Waals surface area (Å²) >= 11 is 12.0. The Hall–Kier alpha value is -1.04. The van der Waals surface area contributed by atoms with E-state index in [9.17, 15) is 15.3 Å². The number of halogens is 2. The van der Waals surface area contributed by atoms with Crippen molar-refractivity contribution < 1.29 is 15.3 Å². The SMILES string of the molecule is OCc1c(CO)c(-c2ccc(Cl)c(Cl)c2)n2c1CC(O)C2. The molecule has 0 aliphatic carbocycles. The third-order valence-electron chi connectivity index (χ3n) is 3.93. The maximum Gasteiger partial charge on any atom is 0.0773 e. The van der Waals surface area contributed by atoms with Gasteiger partial charge in [-0.2, -0.15) is 0 Å². The van der Waals surface area contributed by atoms with Crippen molar-refractivity contribution in [2.75, 3.05) is 0 Å². The molecule has 112 valence electrons. The van der Waals surface area contributed by atoms with Crippen LogP contribution in [0.4, 0.5) is 0 Å². The zero-order valence-corrected chi connectivity index (χ0v) is 12.7. The molecule has 3 rings (SSSR count). The fourth-order valence-corrected chi connectivity index (χ4v) is 3.34. The number of nitrogens with zero attached hydrogens (tertiary/aromatic N) is 1. The first-order valence-corrected chi connectivity index (χ1v) is 7.40. The fraction of sp³-hybridized carbons (Fsp3) is 0.333. The van der Waals surface area contributed by atoms with E-state index in [0.29, 0.717) is 34.1 Å². The highest BCUT2D eigenvalue weighted by Crippen LogP contribution is 2.38. The smallest absolute Gasteiger partial charge is 0.0773 e. The predicted octanol–water partition coefficient (Wildman–Crippen LogP) is 2.36. The van der Waals surface area contributed by atoms with Crippen LogP contribution in [0.2, 0.25) is 10.0 Å². The van der Waals surface area contributed by atoms with Crippen LogP contribution >= 0.6 is 23.2 Å². The average Bonchev–Trinajstić information content (AvgIpc) is 2.95. The molecule has 4 nitrogen and oxygen atoms in total. The van der Waals surface area contributed by atoms with E-state index < -0.39 is 6.10 Å². The number of benzene rings is 1. The molecule has 1 atom stereocenters. The molecule has 2 heterocycles. The van der Waals surface area contributed by atoms with Crippen LogP contribution in [0.3, 0.4) is 0 Å². The Bertz CT molecular complexity index is 697. The lowest BCUT2D eigenvalue weighted by atomic mass is 10.0. The monoisotopic (exact) mass is 327 g/mol. The molecule has 0 saturated carbocycles. The third-order valence-corrected chi connectivity index (χ3v) is 4.66. The zero-order valence-electron chi connectivity index (χ0n) is 11.2. The molecule has 3 N–H and O–H groups in total. The minimum Gasteiger partial charge on any atom is -0.392 e. The van der Waals surface area contributed by atoms with Gasteiger partial charge in [0, 0.05) is 35.3 Å². The summed E-state index contributed by atoms with van der Waals surface area (Å²) in [4.78, 5) is 0. The largest absolute Gasteiger partial charge is 0.392 e. The normalized spacial score (nSPS) is 17.3. The lowest BCUT2D eigenvalue weighted by molar-refractivity contribution is 0.175. The van der Waals surface area contributed by atoms with Gasteiger partial charge in [-0.05, 0) is 12.1 Å². The van der Waals surface area contributed by atoms with Crippen molar-refractivity contribution in [2.45, 2.75) is 32.3 Å². The lowest BCUT2D eigenvalue weighted by Gasteiger charge is -2.11. The Morgan fingerprint density at radius 3 is 2.43 bits per heavy atom. The third kappa shape index (κ3) is 2.37. The summed E-state index contributed by atoms with van der Waals surface area (Å²) in [7, 11) is 0. The van der Waals surface area contributed by atoms with Crippen molar-refractivity contribution in [3.63, 3.8) is 0 Å². The van der Waals surface area contributed by atoms with Crippen LogP contribution in [-0.4, -0.2) is 26.0 Å². The molecule has 0 fully saturated rings. The molecule has 1 aliphatic rings. The quantitative estimate of drug-likeness (QED) is 0.810. The van der Waals surface area contributed by atoms with E-state index in [1.165, 1.54) is 0 Å². The van der Waals surface area contributed by atoms with Crippen LogP contribution in [0.1, 0.15) is 16.8 Å². The molecule has 0 spiro atoms. The van der Waals surface area contributed by atoms with Crippen LogP contribution in [0, 0.1) is 0 Å². The first-order chi connectivity index (χ1) is 10.1. The molecule has 1 aliphatic heterocycles. The molecular formula is C15H15Cl2NO3. The number of hydrogen-bond acceptors (Lipinski definition) is 3. The number of fused-ring (bicyclic) bond motifs is 1. The average molecular weight is 328 g/mol. The standard InChI is InChI=1S/C15H15Cl2NO3/c16-12-2-1-8(3-13(12)17)15-11(7-20)10(6-19)14-4-9(21)5-18(14)15/h1-3,9,19-21H,4-7H2. The molecule has 1 aromatic carbocycles. The Kier molecular flexibility index (Phi) is 3.99. The van der Waals surface area contributed by atoms with Gasteiger partial charge >= 0.3 is 0 Å². The van der Waals surface area contributed by atoms with Crippen molar-refractivity contribution in [2.24, 2.45) is 0 Å². The molecule has 21 heavy (non-hydrogen) atoms. The molecule has 1 aromatic heterocycles. The second-order valence-electron chi connectivity index (χ2n) is 5.17. The molecule has 0 radical (unpaired) electrons. The van der Waals surface area contributed by atoms with Gasteiger partial charge < -0.3 is 19.9 Å². The predicted molar refractivity (Wildman–Crippen MR) is 81.4 cm³/mol. The van der Waals surface area contributed by atoms with Crippen molar-refractivity contribution in [3.05, 3.63) is 45.1 Å². The molecule has 0 saturated heterocycles. The maximum atomic E-state index is 9.88. The van der Waals surface area contributed by atoms with E-state index in [-0.39, 0.29) is 13.2 Å². The van der Waals surface area contributed by atoms with Crippen LogP contribution < -0.4 is 0 Å². The van der Waals surface area contributed by atoms with Gasteiger partial charge in [-0.15, -0.1) is 0 Å². The molecule has 2 aromatic rings. The highest BCUT2D eigenvalue weighted by atomic mass is 35.5. The van der Waals surface area contributed by atoms with Crippen molar-refractivity contribution in [1.82, 2.24) is 4.57 Å². The second-order valence-corrected chi connectivity index (χ2v) is 5.98. The molecular weight excluding hydrogens is 313 g/mol. The van der Waals surface area contributed by atoms with E-state index in [2.05, 4.69) is 0 Å². The minimum atomic E-state index is -0.473. The summed E-state index contributed by atoms with van der Waals surface area (Å²) in [6, 6.07) is 5.25. The number of hydrogen-bond donors (Lipinski definition) is 3. The molecule has 0 bridgehead atoms. The van der Waals surface area contributed by atoms with Crippen molar-refractivity contribution in [3.8, 4) is 11.3 Å². The van der Waals surface area contributed by atoms with E-state index >= 15 is 0 Å². The van der Waals surface area contributed by atoms with Gasteiger partial charge in [-0.1, -0.05) is 29.3 Å². The lowest BCUT2D eigenvalue weighted by Crippen LogP contribution is -2.09. The summed E-state index contributed by atoms with van der Waals surface area (Å²) in [5.74, 6) is 0. The number of rotatable bonds is 3. The first-order valence-electron chi connectivity index (χ1n) is 6.65. The van der Waals surface area contributed by atoms with Crippen molar-refractivity contribution >= 4 is 23.2 Å². The van der Waals surface area contributed by atoms with Gasteiger partial charge in [0.1, 0.15) is 0 Å². The van der Waals surface area contributed by atoms with Gasteiger partial charge in [0.05, 0.1) is 35.1 Å². The minimum absolute atomic E-state index is 0.167. The maximum absolute atomic E-state index is 9.88. The second kappa shape index (κ2) is 5.63. The number of aliphatic hydroxyl groups is 3. The molecule has 1 unspecified atom stereocenters. The topological polar surface area (TPSA) is 65.6 Å². The van der Waals surface area contributed by atoms with E-state index in [1.54, 1.807) is 12.1 Å². The van der Waals surface area contributed by atoms with Gasteiger partial charge in [0.25, 0.3) is 0 Å². The Morgan fingerprint density at radius 1 is 1.10 bits per heavy atom.